The van der Waals surface area contributed by atoms with Crippen LogP contribution in [0.3, 0.4) is 0 Å². The highest BCUT2D eigenvalue weighted by Crippen LogP contribution is 2.18. The second kappa shape index (κ2) is 8.52. The zero-order valence-electron chi connectivity index (χ0n) is 10.2. The first-order chi connectivity index (χ1) is 6.10. The number of nitrogens with zero attached hydrogens (tertiary/aromatic N) is 1. The van der Waals surface area contributed by atoms with Gasteiger partial charge in [0.05, 0.1) is 5.60 Å². The minimum atomic E-state index is -0.424. The van der Waals surface area contributed by atoms with Gasteiger partial charge in [0, 0.05) is 6.54 Å². The van der Waals surface area contributed by atoms with E-state index in [9.17, 15) is 5.11 Å². The van der Waals surface area contributed by atoms with Crippen molar-refractivity contribution in [3.63, 3.8) is 0 Å². The molecular formula is C11H27NO. The summed E-state index contributed by atoms with van der Waals surface area (Å²) in [5.41, 5.74) is -0.424. The Kier molecular flexibility index (Phi) is 10.1. The molecule has 0 spiro atoms. The van der Waals surface area contributed by atoms with Gasteiger partial charge in [-0.1, -0.05) is 27.7 Å². The van der Waals surface area contributed by atoms with Crippen LogP contribution in [-0.2, 0) is 0 Å². The molecule has 82 valence electrons. The first kappa shape index (κ1) is 15.4. The Bertz CT molecular complexity index is 102. The van der Waals surface area contributed by atoms with Gasteiger partial charge < -0.3 is 10.0 Å². The molecule has 0 amide bonds. The van der Waals surface area contributed by atoms with E-state index >= 15 is 0 Å². The van der Waals surface area contributed by atoms with Crippen LogP contribution < -0.4 is 0 Å². The molecule has 1 aliphatic heterocycles. The fourth-order valence-electron chi connectivity index (χ4n) is 1.47. The van der Waals surface area contributed by atoms with Crippen LogP contribution in [0.25, 0.3) is 0 Å². The fraction of sp³-hybridized carbons (Fsp3) is 1.00. The maximum absolute atomic E-state index is 9.50. The summed E-state index contributed by atoms with van der Waals surface area (Å²) in [7, 11) is 2.05. The van der Waals surface area contributed by atoms with Gasteiger partial charge in [0.15, 0.2) is 0 Å². The third kappa shape index (κ3) is 8.26. The number of hydrogen-bond acceptors (Lipinski definition) is 2. The van der Waals surface area contributed by atoms with E-state index in [-0.39, 0.29) is 0 Å². The maximum Gasteiger partial charge on any atom is 0.0746 e. The smallest absolute Gasteiger partial charge is 0.0746 e. The van der Waals surface area contributed by atoms with Crippen LogP contribution in [0.1, 0.15) is 47.5 Å². The van der Waals surface area contributed by atoms with E-state index < -0.39 is 5.60 Å². The number of likely N-dealkylation sites (N-methyl/N-ethyl adjacent to an activating group) is 1. The van der Waals surface area contributed by atoms with Crippen molar-refractivity contribution < 1.29 is 5.11 Å². The minimum absolute atomic E-state index is 0.424. The first-order valence-corrected chi connectivity index (χ1v) is 5.51. The van der Waals surface area contributed by atoms with E-state index in [0.717, 1.165) is 25.9 Å². The Labute approximate surface area is 83.9 Å². The van der Waals surface area contributed by atoms with Crippen molar-refractivity contribution in [2.24, 2.45) is 0 Å². The fourth-order valence-corrected chi connectivity index (χ4v) is 1.47. The molecule has 0 aromatic rings. The van der Waals surface area contributed by atoms with E-state index in [1.165, 1.54) is 0 Å². The Morgan fingerprint density at radius 2 is 1.62 bits per heavy atom. The molecule has 0 aromatic heterocycles. The van der Waals surface area contributed by atoms with Gasteiger partial charge in [-0.15, -0.1) is 0 Å². The lowest BCUT2D eigenvalue weighted by atomic mass is 9.96. The van der Waals surface area contributed by atoms with Gasteiger partial charge >= 0.3 is 0 Å². The third-order valence-electron chi connectivity index (χ3n) is 1.87. The van der Waals surface area contributed by atoms with Gasteiger partial charge in [-0.05, 0) is 33.4 Å². The summed E-state index contributed by atoms with van der Waals surface area (Å²) in [6, 6.07) is 0. The van der Waals surface area contributed by atoms with Crippen molar-refractivity contribution in [3.05, 3.63) is 0 Å². The molecule has 1 rings (SSSR count). The van der Waals surface area contributed by atoms with Crippen LogP contribution >= 0.6 is 0 Å². The number of hydrogen-bond donors (Lipinski definition) is 1. The molecule has 2 nitrogen and oxygen atoms in total. The molecular weight excluding hydrogens is 162 g/mol. The lowest BCUT2D eigenvalue weighted by molar-refractivity contribution is -0.00684. The molecule has 13 heavy (non-hydrogen) atoms. The largest absolute Gasteiger partial charge is 0.389 e. The van der Waals surface area contributed by atoms with Crippen molar-refractivity contribution in [2.45, 2.75) is 53.1 Å². The van der Waals surface area contributed by atoms with Gasteiger partial charge in [0.1, 0.15) is 0 Å². The monoisotopic (exact) mass is 189 g/mol. The lowest BCUT2D eigenvalue weighted by Gasteiger charge is -2.34. The third-order valence-corrected chi connectivity index (χ3v) is 1.87. The average Bonchev–Trinajstić information content (AvgIpc) is 2.09. The van der Waals surface area contributed by atoms with Crippen LogP contribution in [-0.4, -0.2) is 35.7 Å². The Morgan fingerprint density at radius 3 is 1.85 bits per heavy atom. The first-order valence-electron chi connectivity index (χ1n) is 5.51. The lowest BCUT2D eigenvalue weighted by Crippen LogP contribution is -2.43. The standard InChI is InChI=1S/C7H15NO.2C2H6/c1-7(9)4-3-5-8(2)6-7;2*1-2/h9H,3-6H2,1-2H3;2*1-2H3. The number of aliphatic hydroxyl groups is 1. The Hall–Kier alpha value is -0.0800. The summed E-state index contributed by atoms with van der Waals surface area (Å²) < 4.78 is 0. The molecule has 0 radical (unpaired) electrons. The van der Waals surface area contributed by atoms with Crippen LogP contribution in [0.4, 0.5) is 0 Å². The van der Waals surface area contributed by atoms with Crippen LogP contribution in [0, 0.1) is 0 Å². The summed E-state index contributed by atoms with van der Waals surface area (Å²) in [5.74, 6) is 0. The van der Waals surface area contributed by atoms with E-state index in [4.69, 9.17) is 0 Å². The van der Waals surface area contributed by atoms with E-state index in [0.29, 0.717) is 0 Å². The van der Waals surface area contributed by atoms with Gasteiger partial charge in [-0.3, -0.25) is 0 Å². The normalized spacial score (nSPS) is 27.9. The zero-order chi connectivity index (χ0) is 10.9. The highest BCUT2D eigenvalue weighted by atomic mass is 16.3. The summed E-state index contributed by atoms with van der Waals surface area (Å²) in [4.78, 5) is 2.17. The van der Waals surface area contributed by atoms with Gasteiger partial charge in [0.25, 0.3) is 0 Å². The number of likely N-dealkylation sites (tertiary alicyclic amines) is 1. The minimum Gasteiger partial charge on any atom is -0.389 e. The highest BCUT2D eigenvalue weighted by molar-refractivity contribution is 4.80. The summed E-state index contributed by atoms with van der Waals surface area (Å²) >= 11 is 0. The predicted octanol–water partition coefficient (Wildman–Crippen LogP) is 2.52. The second-order valence-corrected chi connectivity index (χ2v) is 3.34. The maximum atomic E-state index is 9.50. The zero-order valence-corrected chi connectivity index (χ0v) is 10.2. The van der Waals surface area contributed by atoms with Crippen LogP contribution in [0.15, 0.2) is 0 Å². The van der Waals surface area contributed by atoms with E-state index in [1.54, 1.807) is 0 Å². The second-order valence-electron chi connectivity index (χ2n) is 3.34. The summed E-state index contributed by atoms with van der Waals surface area (Å²) in [6.45, 7) is 11.9. The van der Waals surface area contributed by atoms with Crippen LogP contribution in [0.2, 0.25) is 0 Å². The SMILES string of the molecule is CC.CC.CN1CCCC(C)(O)C1. The van der Waals surface area contributed by atoms with Crippen molar-refractivity contribution in [3.8, 4) is 0 Å². The van der Waals surface area contributed by atoms with Gasteiger partial charge in [0.2, 0.25) is 0 Å². The number of rotatable bonds is 0. The highest BCUT2D eigenvalue weighted by Gasteiger charge is 2.25. The summed E-state index contributed by atoms with van der Waals surface area (Å²) in [6.07, 6.45) is 2.08. The number of piperidine rings is 1. The van der Waals surface area contributed by atoms with E-state index in [2.05, 4.69) is 4.90 Å². The molecule has 0 bridgehead atoms. The topological polar surface area (TPSA) is 23.5 Å². The summed E-state index contributed by atoms with van der Waals surface area (Å²) in [5, 5.41) is 9.50. The Balaban J connectivity index is 0. The Morgan fingerprint density at radius 1 is 1.15 bits per heavy atom. The predicted molar refractivity (Wildman–Crippen MR) is 60.1 cm³/mol. The van der Waals surface area contributed by atoms with Crippen molar-refractivity contribution in [2.75, 3.05) is 20.1 Å². The molecule has 1 N–H and O–H groups in total. The van der Waals surface area contributed by atoms with Crippen LogP contribution in [0.5, 0.6) is 0 Å². The van der Waals surface area contributed by atoms with Crippen molar-refractivity contribution >= 4 is 0 Å². The molecule has 2 heteroatoms. The quantitative estimate of drug-likeness (QED) is 0.633. The molecule has 1 saturated heterocycles. The molecule has 0 saturated carbocycles. The van der Waals surface area contributed by atoms with Gasteiger partial charge in [-0.2, -0.15) is 0 Å². The molecule has 0 aliphatic carbocycles. The molecule has 1 aliphatic rings. The van der Waals surface area contributed by atoms with Crippen molar-refractivity contribution in [1.29, 1.82) is 0 Å². The molecule has 1 unspecified atom stereocenters. The van der Waals surface area contributed by atoms with Crippen molar-refractivity contribution in [1.82, 2.24) is 4.90 Å². The molecule has 1 heterocycles. The average molecular weight is 189 g/mol. The van der Waals surface area contributed by atoms with E-state index in [1.807, 2.05) is 41.7 Å². The molecule has 0 aromatic carbocycles. The number of β-amino-alcohol motifs (C(OH)–C–C–N with tert-alkyl or cyclic N) is 1. The molecule has 1 fully saturated rings. The molecule has 1 atom stereocenters. The van der Waals surface area contributed by atoms with Gasteiger partial charge in [-0.25, -0.2) is 0 Å².